The zero-order valence-electron chi connectivity index (χ0n) is 12.6. The van der Waals surface area contributed by atoms with Crippen LogP contribution < -0.4 is 10.7 Å². The second-order valence-corrected chi connectivity index (χ2v) is 4.97. The molecule has 0 aliphatic rings. The molecule has 0 atom stereocenters. The summed E-state index contributed by atoms with van der Waals surface area (Å²) in [7, 11) is 0. The van der Waals surface area contributed by atoms with Gasteiger partial charge in [-0.1, -0.05) is 29.8 Å². The van der Waals surface area contributed by atoms with E-state index in [1.54, 1.807) is 13.0 Å². The Bertz CT molecular complexity index is 682. The lowest BCUT2D eigenvalue weighted by atomic mass is 10.1. The number of rotatable bonds is 5. The Labute approximate surface area is 129 Å². The number of phenolic OH excluding ortho intramolecular Hbond substituents is 1. The molecule has 0 unspecified atom stereocenters. The molecule has 0 heterocycles. The Kier molecular flexibility index (Phi) is 5.14. The number of benzene rings is 2. The van der Waals surface area contributed by atoms with Gasteiger partial charge in [-0.05, 0) is 38.1 Å². The maximum atomic E-state index is 11.8. The second-order valence-electron chi connectivity index (χ2n) is 4.97. The summed E-state index contributed by atoms with van der Waals surface area (Å²) in [4.78, 5) is 11.8. The molecule has 5 nitrogen and oxygen atoms in total. The molecule has 1 amide bonds. The smallest absolute Gasteiger partial charge is 0.259 e. The van der Waals surface area contributed by atoms with Crippen molar-refractivity contribution in [3.8, 4) is 5.75 Å². The highest BCUT2D eigenvalue weighted by atomic mass is 16.3. The predicted molar refractivity (Wildman–Crippen MR) is 88.1 cm³/mol. The molecule has 3 N–H and O–H groups in total. The van der Waals surface area contributed by atoms with E-state index in [-0.39, 0.29) is 18.2 Å². The lowest BCUT2D eigenvalue weighted by molar-refractivity contribution is -0.119. The fourth-order valence-electron chi connectivity index (χ4n) is 1.92. The highest BCUT2D eigenvalue weighted by Gasteiger charge is 2.06. The van der Waals surface area contributed by atoms with Crippen molar-refractivity contribution in [2.45, 2.75) is 13.8 Å². The van der Waals surface area contributed by atoms with E-state index in [9.17, 15) is 9.90 Å². The third kappa shape index (κ3) is 4.34. The standard InChI is InChI=1S/C17H19N3O2/c1-12-8-9-16(21)15(10-12)13(2)19-20-17(22)11-18-14-6-4-3-5-7-14/h3-10,18,21H,11H2,1-2H3,(H,20,22)/b19-13+. The molecule has 0 saturated carbocycles. The van der Waals surface area contributed by atoms with Crippen LogP contribution in [-0.4, -0.2) is 23.3 Å². The first-order chi connectivity index (χ1) is 10.6. The molecule has 0 saturated heterocycles. The predicted octanol–water partition coefficient (Wildman–Crippen LogP) is 2.65. The van der Waals surface area contributed by atoms with Gasteiger partial charge in [0.2, 0.25) is 0 Å². The van der Waals surface area contributed by atoms with Gasteiger partial charge in [-0.15, -0.1) is 0 Å². The molecule has 0 spiro atoms. The fraction of sp³-hybridized carbons (Fsp3) is 0.176. The minimum Gasteiger partial charge on any atom is -0.507 e. The number of nitrogens with zero attached hydrogens (tertiary/aromatic N) is 1. The van der Waals surface area contributed by atoms with Gasteiger partial charge in [0.1, 0.15) is 5.75 Å². The van der Waals surface area contributed by atoms with Crippen LogP contribution in [0.1, 0.15) is 18.1 Å². The van der Waals surface area contributed by atoms with Crippen molar-refractivity contribution in [1.29, 1.82) is 0 Å². The third-order valence-corrected chi connectivity index (χ3v) is 3.12. The molecule has 5 heteroatoms. The first kappa shape index (κ1) is 15.6. The van der Waals surface area contributed by atoms with Crippen molar-refractivity contribution in [2.24, 2.45) is 5.10 Å². The summed E-state index contributed by atoms with van der Waals surface area (Å²) in [6.07, 6.45) is 0. The lowest BCUT2D eigenvalue weighted by Crippen LogP contribution is -2.26. The number of para-hydroxylation sites is 1. The first-order valence-corrected chi connectivity index (χ1v) is 6.98. The zero-order valence-corrected chi connectivity index (χ0v) is 12.6. The third-order valence-electron chi connectivity index (χ3n) is 3.12. The number of phenols is 1. The van der Waals surface area contributed by atoms with Gasteiger partial charge in [0.25, 0.3) is 5.91 Å². The van der Waals surface area contributed by atoms with Crippen molar-refractivity contribution in [3.05, 3.63) is 59.7 Å². The van der Waals surface area contributed by atoms with Crippen molar-refractivity contribution >= 4 is 17.3 Å². The van der Waals surface area contributed by atoms with Crippen LogP contribution in [0.15, 0.2) is 53.6 Å². The van der Waals surface area contributed by atoms with Gasteiger partial charge in [-0.3, -0.25) is 4.79 Å². The summed E-state index contributed by atoms with van der Waals surface area (Å²) in [6.45, 7) is 3.79. The highest BCUT2D eigenvalue weighted by Crippen LogP contribution is 2.18. The van der Waals surface area contributed by atoms with Crippen LogP contribution in [0.5, 0.6) is 5.75 Å². The maximum absolute atomic E-state index is 11.8. The van der Waals surface area contributed by atoms with Crippen LogP contribution in [0.2, 0.25) is 0 Å². The van der Waals surface area contributed by atoms with Crippen molar-refractivity contribution < 1.29 is 9.90 Å². The molecule has 2 rings (SSSR count). The Balaban J connectivity index is 1.93. The molecule has 0 aromatic heterocycles. The molecule has 2 aromatic carbocycles. The van der Waals surface area contributed by atoms with E-state index in [1.807, 2.05) is 49.4 Å². The summed E-state index contributed by atoms with van der Waals surface area (Å²) >= 11 is 0. The minimum atomic E-state index is -0.254. The lowest BCUT2D eigenvalue weighted by Gasteiger charge is -2.07. The fourth-order valence-corrected chi connectivity index (χ4v) is 1.92. The van der Waals surface area contributed by atoms with Crippen LogP contribution in [-0.2, 0) is 4.79 Å². The second kappa shape index (κ2) is 7.26. The van der Waals surface area contributed by atoms with E-state index in [2.05, 4.69) is 15.8 Å². The molecular formula is C17H19N3O2. The maximum Gasteiger partial charge on any atom is 0.259 e. The van der Waals surface area contributed by atoms with Gasteiger partial charge in [-0.25, -0.2) is 5.43 Å². The van der Waals surface area contributed by atoms with Crippen LogP contribution in [0.25, 0.3) is 0 Å². The van der Waals surface area contributed by atoms with Crippen molar-refractivity contribution in [1.82, 2.24) is 5.43 Å². The summed E-state index contributed by atoms with van der Waals surface area (Å²) in [5.74, 6) is -0.112. The molecular weight excluding hydrogens is 278 g/mol. The van der Waals surface area contributed by atoms with Crippen molar-refractivity contribution in [3.63, 3.8) is 0 Å². The largest absolute Gasteiger partial charge is 0.507 e. The molecule has 114 valence electrons. The van der Waals surface area contributed by atoms with Crippen molar-refractivity contribution in [2.75, 3.05) is 11.9 Å². The topological polar surface area (TPSA) is 73.7 Å². The number of anilines is 1. The monoisotopic (exact) mass is 297 g/mol. The van der Waals surface area contributed by atoms with Gasteiger partial charge in [0.05, 0.1) is 12.3 Å². The Morgan fingerprint density at radius 3 is 2.64 bits per heavy atom. The van der Waals surface area contributed by atoms with Gasteiger partial charge in [-0.2, -0.15) is 5.10 Å². The highest BCUT2D eigenvalue weighted by molar-refractivity contribution is 6.01. The Hall–Kier alpha value is -2.82. The van der Waals surface area contributed by atoms with Crippen LogP contribution in [0.4, 0.5) is 5.69 Å². The minimum absolute atomic E-state index is 0.126. The number of hydrazone groups is 1. The zero-order chi connectivity index (χ0) is 15.9. The summed E-state index contributed by atoms with van der Waals surface area (Å²) in [6, 6.07) is 14.7. The first-order valence-electron chi connectivity index (χ1n) is 6.98. The molecule has 0 fully saturated rings. The quantitative estimate of drug-likeness (QED) is 0.587. The van der Waals surface area contributed by atoms with Gasteiger partial charge in [0.15, 0.2) is 0 Å². The number of hydrogen-bond acceptors (Lipinski definition) is 4. The Morgan fingerprint density at radius 1 is 1.18 bits per heavy atom. The van der Waals surface area contributed by atoms with E-state index in [0.29, 0.717) is 11.3 Å². The average Bonchev–Trinajstić information content (AvgIpc) is 2.54. The Morgan fingerprint density at radius 2 is 1.91 bits per heavy atom. The molecule has 2 aromatic rings. The molecule has 0 radical (unpaired) electrons. The molecule has 0 bridgehead atoms. The van der Waals surface area contributed by atoms with Crippen LogP contribution in [0.3, 0.4) is 0 Å². The van der Waals surface area contributed by atoms with E-state index < -0.39 is 0 Å². The normalized spacial score (nSPS) is 11.1. The SMILES string of the molecule is C/C(=N\NC(=O)CNc1ccccc1)c1cc(C)ccc1O. The number of nitrogens with one attached hydrogen (secondary N) is 2. The van der Waals surface area contributed by atoms with Crippen LogP contribution >= 0.6 is 0 Å². The number of aryl methyl sites for hydroxylation is 1. The molecule has 0 aliphatic heterocycles. The molecule has 0 aliphatic carbocycles. The molecule has 22 heavy (non-hydrogen) atoms. The van der Waals surface area contributed by atoms with Gasteiger partial charge in [0, 0.05) is 11.3 Å². The summed E-state index contributed by atoms with van der Waals surface area (Å²) < 4.78 is 0. The van der Waals surface area contributed by atoms with Crippen LogP contribution in [0, 0.1) is 6.92 Å². The van der Waals surface area contributed by atoms with E-state index in [0.717, 1.165) is 11.3 Å². The number of aromatic hydroxyl groups is 1. The average molecular weight is 297 g/mol. The number of hydrogen-bond donors (Lipinski definition) is 3. The van der Waals surface area contributed by atoms with E-state index in [1.165, 1.54) is 0 Å². The van der Waals surface area contributed by atoms with E-state index in [4.69, 9.17) is 0 Å². The number of carbonyl (C=O) groups excluding carboxylic acids is 1. The van der Waals surface area contributed by atoms with Gasteiger partial charge >= 0.3 is 0 Å². The summed E-state index contributed by atoms with van der Waals surface area (Å²) in [5, 5.41) is 16.8. The number of amides is 1. The van der Waals surface area contributed by atoms with E-state index >= 15 is 0 Å². The van der Waals surface area contributed by atoms with Gasteiger partial charge < -0.3 is 10.4 Å². The summed E-state index contributed by atoms with van der Waals surface area (Å²) in [5.41, 5.74) is 5.51. The number of carbonyl (C=O) groups is 1.